The van der Waals surface area contributed by atoms with Crippen LogP contribution in [0.15, 0.2) is 72.2 Å². The summed E-state index contributed by atoms with van der Waals surface area (Å²) in [5.41, 5.74) is 6.22. The molecule has 2 aliphatic carbocycles. The van der Waals surface area contributed by atoms with E-state index >= 15 is 0 Å². The van der Waals surface area contributed by atoms with E-state index in [9.17, 15) is 0 Å². The number of pyridine rings is 1. The molecule has 0 saturated heterocycles. The van der Waals surface area contributed by atoms with Crippen LogP contribution in [0.5, 0.6) is 0 Å². The van der Waals surface area contributed by atoms with Crippen molar-refractivity contribution in [3.63, 3.8) is 0 Å². The normalized spacial score (nSPS) is 15.6. The molecule has 0 radical (unpaired) electrons. The van der Waals surface area contributed by atoms with Gasteiger partial charge in [-0.05, 0) is 67.0 Å². The smallest absolute Gasteiger partial charge is 0.223 e. The van der Waals surface area contributed by atoms with Gasteiger partial charge in [0.1, 0.15) is 11.5 Å². The van der Waals surface area contributed by atoms with Gasteiger partial charge in [-0.3, -0.25) is 0 Å². The summed E-state index contributed by atoms with van der Waals surface area (Å²) < 4.78 is 2.08. The molecule has 1 aromatic carbocycles. The molecule has 0 amide bonds. The molecule has 2 aliphatic rings. The van der Waals surface area contributed by atoms with E-state index < -0.39 is 0 Å². The second-order valence-corrected chi connectivity index (χ2v) is 12.5. The van der Waals surface area contributed by atoms with Gasteiger partial charge >= 0.3 is 0 Å². The number of rotatable bonds is 8. The van der Waals surface area contributed by atoms with Gasteiger partial charge in [-0.25, -0.2) is 14.5 Å². The van der Waals surface area contributed by atoms with Crippen molar-refractivity contribution in [2.75, 3.05) is 10.6 Å². The van der Waals surface area contributed by atoms with Gasteiger partial charge in [-0.2, -0.15) is 5.10 Å². The third-order valence-corrected chi connectivity index (χ3v) is 9.33. The lowest BCUT2D eigenvalue weighted by atomic mass is 10.0. The largest absolute Gasteiger partial charge is 0.367 e. The van der Waals surface area contributed by atoms with Crippen LogP contribution in [-0.4, -0.2) is 31.7 Å². The fourth-order valence-corrected chi connectivity index (χ4v) is 6.72. The van der Waals surface area contributed by atoms with Crippen molar-refractivity contribution >= 4 is 28.6 Å². The predicted molar refractivity (Wildman–Crippen MR) is 177 cm³/mol. The number of benzene rings is 1. The minimum absolute atomic E-state index is 0.457. The van der Waals surface area contributed by atoms with Crippen LogP contribution in [0, 0.1) is 0 Å². The first-order valence-corrected chi connectivity index (χ1v) is 16.6. The first-order chi connectivity index (χ1) is 20.7. The zero-order chi connectivity index (χ0) is 28.7. The monoisotopic (exact) mass is 578 g/mol. The number of nitrogens with zero attached hydrogens (tertiary/aromatic N) is 4. The Morgan fingerprint density at radius 1 is 0.810 bits per heavy atom. The second-order valence-electron chi connectivity index (χ2n) is 11.5. The number of thiophene rings is 1. The summed E-state index contributed by atoms with van der Waals surface area (Å²) in [5.74, 6) is 1.74. The minimum Gasteiger partial charge on any atom is -0.367 e. The molecule has 0 bridgehead atoms. The van der Waals surface area contributed by atoms with E-state index in [-0.39, 0.29) is 0 Å². The zero-order valence-corrected chi connectivity index (χ0v) is 25.7. The van der Waals surface area contributed by atoms with Crippen molar-refractivity contribution in [3.8, 4) is 33.0 Å². The summed E-state index contributed by atoms with van der Waals surface area (Å²) in [6.45, 7) is 4.36. The summed E-state index contributed by atoms with van der Waals surface area (Å²) in [7, 11) is 0. The lowest BCUT2D eigenvalue weighted by molar-refractivity contribution is 0.742. The Hall–Kier alpha value is -3.71. The van der Waals surface area contributed by atoms with Crippen LogP contribution < -0.4 is 10.6 Å². The van der Waals surface area contributed by atoms with Gasteiger partial charge in [0.25, 0.3) is 0 Å². The van der Waals surface area contributed by atoms with E-state index in [1.807, 2.05) is 12.3 Å². The molecular formula is C35H42N6S. The molecule has 5 aromatic rings. The Balaban J connectivity index is 0.000000744. The average molecular weight is 579 g/mol. The molecular weight excluding hydrogens is 536 g/mol. The molecule has 42 heavy (non-hydrogen) atoms. The number of hydrogen-bond donors (Lipinski definition) is 2. The van der Waals surface area contributed by atoms with Crippen LogP contribution in [0.2, 0.25) is 0 Å². The maximum absolute atomic E-state index is 5.23. The average Bonchev–Trinajstić information content (AvgIpc) is 3.85. The summed E-state index contributed by atoms with van der Waals surface area (Å²) >= 11 is 1.76. The number of fused-ring (bicyclic) bond motifs is 1. The van der Waals surface area contributed by atoms with Gasteiger partial charge < -0.3 is 10.6 Å². The Kier molecular flexibility index (Phi) is 9.14. The van der Waals surface area contributed by atoms with Gasteiger partial charge in [0.15, 0.2) is 0 Å². The van der Waals surface area contributed by atoms with Gasteiger partial charge in [-0.1, -0.05) is 82.7 Å². The predicted octanol–water partition coefficient (Wildman–Crippen LogP) is 9.70. The first kappa shape index (κ1) is 28.4. The summed E-state index contributed by atoms with van der Waals surface area (Å²) in [5, 5.41) is 14.7. The molecule has 4 aromatic heterocycles. The molecule has 0 spiro atoms. The molecule has 0 atom stereocenters. The highest BCUT2D eigenvalue weighted by Gasteiger charge is 2.23. The fourth-order valence-electron chi connectivity index (χ4n) is 6.00. The Morgan fingerprint density at radius 2 is 1.52 bits per heavy atom. The topological polar surface area (TPSA) is 67.1 Å². The molecule has 6 nitrogen and oxygen atoms in total. The highest BCUT2D eigenvalue weighted by atomic mass is 32.1. The van der Waals surface area contributed by atoms with E-state index in [1.165, 1.54) is 74.6 Å². The van der Waals surface area contributed by atoms with Gasteiger partial charge in [0.2, 0.25) is 5.95 Å². The van der Waals surface area contributed by atoms with E-state index in [4.69, 9.17) is 10.1 Å². The maximum atomic E-state index is 5.23. The summed E-state index contributed by atoms with van der Waals surface area (Å²) in [6.07, 6.45) is 14.4. The van der Waals surface area contributed by atoms with Gasteiger partial charge in [0, 0.05) is 28.7 Å². The molecule has 2 N–H and O–H groups in total. The highest BCUT2D eigenvalue weighted by Crippen LogP contribution is 2.38. The van der Waals surface area contributed by atoms with Crippen molar-refractivity contribution in [1.29, 1.82) is 0 Å². The molecule has 0 unspecified atom stereocenters. The van der Waals surface area contributed by atoms with Crippen molar-refractivity contribution in [2.45, 2.75) is 90.1 Å². The molecule has 0 aliphatic heterocycles. The first-order valence-electron chi connectivity index (χ1n) is 15.8. The SMILES string of the molecule is CCCC.c1cc(-c2cccs2)cc(-c2nn3c(NC4CCCC4)cccc3c2-c2ccnc(NC3CCCC3)n2)c1. The quantitative estimate of drug-likeness (QED) is 0.192. The second kappa shape index (κ2) is 13.5. The van der Waals surface area contributed by atoms with Crippen molar-refractivity contribution in [2.24, 2.45) is 0 Å². The van der Waals surface area contributed by atoms with E-state index in [1.54, 1.807) is 11.3 Å². The fraction of sp³-hybridized carbons (Fsp3) is 0.400. The Bertz CT molecular complexity index is 1580. The number of unbranched alkanes of at least 4 members (excludes halogenated alkanes) is 1. The molecule has 7 rings (SSSR count). The zero-order valence-electron chi connectivity index (χ0n) is 24.9. The van der Waals surface area contributed by atoms with Crippen molar-refractivity contribution in [3.05, 3.63) is 72.2 Å². The molecule has 2 saturated carbocycles. The molecule has 4 heterocycles. The third kappa shape index (κ3) is 6.36. The molecule has 7 heteroatoms. The van der Waals surface area contributed by atoms with Crippen LogP contribution in [0.3, 0.4) is 0 Å². The number of nitrogens with one attached hydrogen (secondary N) is 2. The third-order valence-electron chi connectivity index (χ3n) is 8.41. The van der Waals surface area contributed by atoms with E-state index in [0.717, 1.165) is 33.8 Å². The Morgan fingerprint density at radius 3 is 2.24 bits per heavy atom. The van der Waals surface area contributed by atoms with Gasteiger partial charge in [0.05, 0.1) is 16.8 Å². The highest BCUT2D eigenvalue weighted by molar-refractivity contribution is 7.13. The number of hydrogen-bond acceptors (Lipinski definition) is 6. The van der Waals surface area contributed by atoms with Crippen LogP contribution in [-0.2, 0) is 0 Å². The van der Waals surface area contributed by atoms with Crippen LogP contribution in [0.1, 0.15) is 78.1 Å². The maximum Gasteiger partial charge on any atom is 0.223 e. The summed E-state index contributed by atoms with van der Waals surface area (Å²) in [6, 6.07) is 22.4. The standard InChI is InChI=1S/C31H32N6S.C4H10/c1-2-11-23(10-1)33-28-16-6-14-26-29(25-17-18-32-31(35-25)34-24-12-3-4-13-24)30(36-37(26)28)22-9-5-8-21(20-22)27-15-7-19-38-27;1-3-4-2/h5-9,14-20,23-24,33H,1-4,10-13H2,(H,32,34,35);3-4H2,1-2H3. The lowest BCUT2D eigenvalue weighted by Gasteiger charge is -2.14. The van der Waals surface area contributed by atoms with Gasteiger partial charge in [-0.15, -0.1) is 11.3 Å². The van der Waals surface area contributed by atoms with E-state index in [0.29, 0.717) is 18.0 Å². The minimum atomic E-state index is 0.457. The number of aromatic nitrogens is 4. The molecule has 218 valence electrons. The Labute approximate surface area is 253 Å². The summed E-state index contributed by atoms with van der Waals surface area (Å²) in [4.78, 5) is 10.9. The van der Waals surface area contributed by atoms with Crippen molar-refractivity contribution in [1.82, 2.24) is 19.6 Å². The lowest BCUT2D eigenvalue weighted by Crippen LogP contribution is -2.17. The molecule has 2 fully saturated rings. The number of anilines is 2. The van der Waals surface area contributed by atoms with Crippen LogP contribution in [0.25, 0.3) is 38.5 Å². The van der Waals surface area contributed by atoms with Crippen LogP contribution in [0.4, 0.5) is 11.8 Å². The van der Waals surface area contributed by atoms with E-state index in [2.05, 4.69) is 94.0 Å². The van der Waals surface area contributed by atoms with Crippen molar-refractivity contribution < 1.29 is 0 Å². The van der Waals surface area contributed by atoms with Crippen LogP contribution >= 0.6 is 11.3 Å².